The second kappa shape index (κ2) is 9.29. The van der Waals surface area contributed by atoms with Gasteiger partial charge in [0, 0.05) is 22.7 Å². The number of ether oxygens (including phenoxy) is 2. The Morgan fingerprint density at radius 2 is 1.82 bits per heavy atom. The molecule has 0 aliphatic heterocycles. The molecule has 0 bridgehead atoms. The van der Waals surface area contributed by atoms with E-state index in [4.69, 9.17) is 21.1 Å². The number of rotatable bonds is 7. The van der Waals surface area contributed by atoms with Gasteiger partial charge in [0.05, 0.1) is 7.11 Å². The van der Waals surface area contributed by atoms with Crippen molar-refractivity contribution in [1.29, 1.82) is 0 Å². The molecule has 1 amide bonds. The van der Waals surface area contributed by atoms with E-state index in [2.05, 4.69) is 5.32 Å². The predicted octanol–water partition coefficient (Wildman–Crippen LogP) is 5.17. The van der Waals surface area contributed by atoms with Crippen LogP contribution in [0.4, 0.5) is 0 Å². The monoisotopic (exact) mass is 395 g/mol. The van der Waals surface area contributed by atoms with Crippen LogP contribution in [-0.4, -0.2) is 13.0 Å². The number of aryl methyl sites for hydroxylation is 1. The molecule has 0 fully saturated rings. The van der Waals surface area contributed by atoms with E-state index in [1.807, 2.05) is 49.4 Å². The Bertz CT molecular complexity index is 957. The van der Waals surface area contributed by atoms with Crippen LogP contribution in [-0.2, 0) is 13.2 Å². The van der Waals surface area contributed by atoms with Crippen molar-refractivity contribution in [3.8, 4) is 11.5 Å². The molecule has 0 heterocycles. The second-order valence-corrected chi connectivity index (χ2v) is 6.80. The van der Waals surface area contributed by atoms with Crippen LogP contribution in [0.25, 0.3) is 0 Å². The van der Waals surface area contributed by atoms with Gasteiger partial charge < -0.3 is 14.8 Å². The number of amides is 1. The summed E-state index contributed by atoms with van der Waals surface area (Å²) in [5.41, 5.74) is 3.34. The number of carbonyl (C=O) groups excluding carboxylic acids is 1. The third-order valence-corrected chi connectivity index (χ3v) is 4.79. The van der Waals surface area contributed by atoms with Crippen molar-refractivity contribution in [2.24, 2.45) is 0 Å². The minimum atomic E-state index is -0.143. The van der Waals surface area contributed by atoms with Crippen LogP contribution in [0.3, 0.4) is 0 Å². The zero-order chi connectivity index (χ0) is 19.9. The van der Waals surface area contributed by atoms with Gasteiger partial charge in [0.15, 0.2) is 0 Å². The van der Waals surface area contributed by atoms with E-state index in [9.17, 15) is 4.79 Å². The first kappa shape index (κ1) is 19.8. The highest BCUT2D eigenvalue weighted by Gasteiger charge is 2.11. The third kappa shape index (κ3) is 5.05. The molecule has 0 saturated heterocycles. The van der Waals surface area contributed by atoms with Crippen molar-refractivity contribution in [2.45, 2.75) is 20.1 Å². The number of halogens is 1. The third-order valence-electron chi connectivity index (χ3n) is 4.36. The molecule has 28 heavy (non-hydrogen) atoms. The molecule has 0 radical (unpaired) electrons. The minimum absolute atomic E-state index is 0.143. The van der Waals surface area contributed by atoms with Gasteiger partial charge in [-0.25, -0.2) is 0 Å². The van der Waals surface area contributed by atoms with Gasteiger partial charge in [0.1, 0.15) is 18.1 Å². The molecule has 3 aromatic rings. The average molecular weight is 396 g/mol. The van der Waals surface area contributed by atoms with Crippen molar-refractivity contribution in [3.05, 3.63) is 94.0 Å². The van der Waals surface area contributed by atoms with E-state index < -0.39 is 0 Å². The van der Waals surface area contributed by atoms with Gasteiger partial charge in [-0.1, -0.05) is 41.9 Å². The van der Waals surface area contributed by atoms with Crippen molar-refractivity contribution in [2.75, 3.05) is 7.11 Å². The Morgan fingerprint density at radius 1 is 1.04 bits per heavy atom. The second-order valence-electron chi connectivity index (χ2n) is 6.39. The Labute approximate surface area is 170 Å². The van der Waals surface area contributed by atoms with E-state index >= 15 is 0 Å². The lowest BCUT2D eigenvalue weighted by atomic mass is 10.1. The highest BCUT2D eigenvalue weighted by atomic mass is 35.5. The molecule has 0 aromatic heterocycles. The van der Waals surface area contributed by atoms with Gasteiger partial charge in [-0.2, -0.15) is 0 Å². The van der Waals surface area contributed by atoms with Crippen LogP contribution in [0.15, 0.2) is 66.7 Å². The topological polar surface area (TPSA) is 47.6 Å². The predicted molar refractivity (Wildman–Crippen MR) is 111 cm³/mol. The first-order valence-corrected chi connectivity index (χ1v) is 9.32. The molecule has 0 saturated carbocycles. The van der Waals surface area contributed by atoms with Gasteiger partial charge in [0.25, 0.3) is 5.91 Å². The lowest BCUT2D eigenvalue weighted by Crippen LogP contribution is -2.23. The van der Waals surface area contributed by atoms with Crippen LogP contribution < -0.4 is 14.8 Å². The minimum Gasteiger partial charge on any atom is -0.496 e. The molecule has 4 nitrogen and oxygen atoms in total. The molecule has 0 aliphatic rings. The van der Waals surface area contributed by atoms with Crippen LogP contribution >= 0.6 is 11.6 Å². The number of benzene rings is 3. The maximum absolute atomic E-state index is 12.5. The van der Waals surface area contributed by atoms with Crippen molar-refractivity contribution in [3.63, 3.8) is 0 Å². The van der Waals surface area contributed by atoms with E-state index in [1.54, 1.807) is 31.4 Å². The van der Waals surface area contributed by atoms with Crippen LogP contribution in [0.2, 0.25) is 5.02 Å². The fraction of sp³-hybridized carbons (Fsp3) is 0.174. The van der Waals surface area contributed by atoms with Gasteiger partial charge in [0.2, 0.25) is 0 Å². The Hall–Kier alpha value is -2.98. The summed E-state index contributed by atoms with van der Waals surface area (Å²) in [5, 5.41) is 3.63. The fourth-order valence-electron chi connectivity index (χ4n) is 2.78. The lowest BCUT2D eigenvalue weighted by Gasteiger charge is -2.13. The molecule has 1 N–H and O–H groups in total. The van der Waals surface area contributed by atoms with E-state index in [0.717, 1.165) is 16.7 Å². The summed E-state index contributed by atoms with van der Waals surface area (Å²) in [6.07, 6.45) is 0. The summed E-state index contributed by atoms with van der Waals surface area (Å²) in [5.74, 6) is 1.24. The zero-order valence-corrected chi connectivity index (χ0v) is 16.6. The first-order valence-electron chi connectivity index (χ1n) is 8.95. The van der Waals surface area contributed by atoms with Crippen LogP contribution in [0.1, 0.15) is 27.0 Å². The SMILES string of the molecule is COc1ccc(C(=O)NCc2ccccc2)cc1COc1ccc(Cl)c(C)c1. The molecular formula is C23H22ClNO3. The summed E-state index contributed by atoms with van der Waals surface area (Å²) in [7, 11) is 1.60. The molecule has 0 atom stereocenters. The summed E-state index contributed by atoms with van der Waals surface area (Å²) in [4.78, 5) is 12.5. The van der Waals surface area contributed by atoms with Crippen LogP contribution in [0, 0.1) is 6.92 Å². The normalized spacial score (nSPS) is 10.4. The lowest BCUT2D eigenvalue weighted by molar-refractivity contribution is 0.0950. The number of methoxy groups -OCH3 is 1. The number of carbonyl (C=O) groups is 1. The van der Waals surface area contributed by atoms with Gasteiger partial charge >= 0.3 is 0 Å². The highest BCUT2D eigenvalue weighted by Crippen LogP contribution is 2.25. The molecule has 3 aromatic carbocycles. The number of hydrogen-bond donors (Lipinski definition) is 1. The quantitative estimate of drug-likeness (QED) is 0.600. The number of nitrogens with one attached hydrogen (secondary N) is 1. The Balaban J connectivity index is 1.70. The van der Waals surface area contributed by atoms with E-state index in [-0.39, 0.29) is 12.5 Å². The summed E-state index contributed by atoms with van der Waals surface area (Å²) >= 11 is 6.06. The summed E-state index contributed by atoms with van der Waals surface area (Å²) in [6.45, 7) is 2.68. The van der Waals surface area contributed by atoms with E-state index in [0.29, 0.717) is 28.6 Å². The van der Waals surface area contributed by atoms with Crippen molar-refractivity contribution < 1.29 is 14.3 Å². The Kier molecular flexibility index (Phi) is 6.56. The molecule has 0 unspecified atom stereocenters. The molecular weight excluding hydrogens is 374 g/mol. The fourth-order valence-corrected chi connectivity index (χ4v) is 2.90. The Morgan fingerprint density at radius 3 is 2.54 bits per heavy atom. The van der Waals surface area contributed by atoms with Crippen molar-refractivity contribution in [1.82, 2.24) is 5.32 Å². The average Bonchev–Trinajstić information content (AvgIpc) is 2.73. The summed E-state index contributed by atoms with van der Waals surface area (Å²) < 4.78 is 11.3. The summed E-state index contributed by atoms with van der Waals surface area (Å²) in [6, 6.07) is 20.6. The largest absolute Gasteiger partial charge is 0.496 e. The zero-order valence-electron chi connectivity index (χ0n) is 15.9. The van der Waals surface area contributed by atoms with Gasteiger partial charge in [-0.15, -0.1) is 0 Å². The highest BCUT2D eigenvalue weighted by molar-refractivity contribution is 6.31. The maximum Gasteiger partial charge on any atom is 0.251 e. The molecule has 3 rings (SSSR count). The van der Waals surface area contributed by atoms with Crippen LogP contribution in [0.5, 0.6) is 11.5 Å². The molecule has 144 valence electrons. The molecule has 0 aliphatic carbocycles. The molecule has 5 heteroatoms. The van der Waals surface area contributed by atoms with Gasteiger partial charge in [-0.3, -0.25) is 4.79 Å². The van der Waals surface area contributed by atoms with E-state index in [1.165, 1.54) is 0 Å². The molecule has 0 spiro atoms. The standard InChI is InChI=1S/C23H22ClNO3/c1-16-12-20(9-10-21(16)24)28-15-19-13-18(8-11-22(19)27-2)23(26)25-14-17-6-4-3-5-7-17/h3-13H,14-15H2,1-2H3,(H,25,26). The first-order chi connectivity index (χ1) is 13.6. The number of hydrogen-bond acceptors (Lipinski definition) is 3. The smallest absolute Gasteiger partial charge is 0.251 e. The maximum atomic E-state index is 12.5. The van der Waals surface area contributed by atoms with Crippen molar-refractivity contribution >= 4 is 17.5 Å². The van der Waals surface area contributed by atoms with Gasteiger partial charge in [-0.05, 0) is 54.4 Å².